The third kappa shape index (κ3) is 3.81. The van der Waals surface area contributed by atoms with Gasteiger partial charge in [-0.25, -0.2) is 4.98 Å². The van der Waals surface area contributed by atoms with E-state index in [9.17, 15) is 9.59 Å². The summed E-state index contributed by atoms with van der Waals surface area (Å²) in [5, 5.41) is 1.65. The Balaban J connectivity index is 1.70. The van der Waals surface area contributed by atoms with Crippen LogP contribution < -0.4 is 5.56 Å². The fourth-order valence-corrected chi connectivity index (χ4v) is 5.42. The number of hydrogen-bond donors (Lipinski definition) is 0. The van der Waals surface area contributed by atoms with Crippen LogP contribution in [0.3, 0.4) is 0 Å². The zero-order valence-corrected chi connectivity index (χ0v) is 18.6. The van der Waals surface area contributed by atoms with Crippen molar-refractivity contribution in [3.63, 3.8) is 0 Å². The number of halogens is 2. The molecule has 0 saturated carbocycles. The molecular weight excluding hydrogens is 429 g/mol. The number of nitrogens with zero attached hydrogens (tertiary/aromatic N) is 3. The molecule has 1 aromatic carbocycles. The highest BCUT2D eigenvalue weighted by Crippen LogP contribution is 2.30. The normalized spacial score (nSPS) is 13.9. The molecule has 0 radical (unpaired) electrons. The number of rotatable bonds is 3. The molecule has 1 amide bonds. The lowest BCUT2D eigenvalue weighted by Gasteiger charge is -2.17. The molecule has 5 nitrogen and oxygen atoms in total. The third-order valence-corrected chi connectivity index (χ3v) is 7.14. The first-order valence-electron chi connectivity index (χ1n) is 9.59. The van der Waals surface area contributed by atoms with Crippen LogP contribution in [0.15, 0.2) is 23.0 Å². The van der Waals surface area contributed by atoms with Crippen LogP contribution in [0.5, 0.6) is 0 Å². The van der Waals surface area contributed by atoms with Gasteiger partial charge in [0.2, 0.25) is 0 Å². The Morgan fingerprint density at radius 1 is 1.28 bits per heavy atom. The zero-order chi connectivity index (χ0) is 20.7. The molecule has 152 valence electrons. The second-order valence-corrected chi connectivity index (χ2v) is 9.27. The Bertz CT molecular complexity index is 1170. The van der Waals surface area contributed by atoms with Gasteiger partial charge in [0, 0.05) is 36.6 Å². The Labute approximate surface area is 182 Å². The number of carbonyl (C=O) groups is 1. The number of hydrogen-bond acceptors (Lipinski definition) is 4. The molecule has 3 aromatic rings. The zero-order valence-electron chi connectivity index (χ0n) is 16.3. The van der Waals surface area contributed by atoms with Gasteiger partial charge in [0.1, 0.15) is 10.7 Å². The molecule has 0 bridgehead atoms. The molecule has 0 aliphatic carbocycles. The molecule has 8 heteroatoms. The Morgan fingerprint density at radius 2 is 2.07 bits per heavy atom. The molecule has 0 spiro atoms. The predicted molar refractivity (Wildman–Crippen MR) is 118 cm³/mol. The van der Waals surface area contributed by atoms with Crippen LogP contribution in [0.2, 0.25) is 10.0 Å². The van der Waals surface area contributed by atoms with Crippen LogP contribution in [0.25, 0.3) is 10.2 Å². The summed E-state index contributed by atoms with van der Waals surface area (Å²) in [6.07, 6.45) is 3.94. The summed E-state index contributed by atoms with van der Waals surface area (Å²) in [6.45, 7) is 2.89. The van der Waals surface area contributed by atoms with E-state index in [-0.39, 0.29) is 11.5 Å². The van der Waals surface area contributed by atoms with Crippen molar-refractivity contribution in [3.8, 4) is 0 Å². The van der Waals surface area contributed by atoms with Crippen molar-refractivity contribution in [1.29, 1.82) is 0 Å². The van der Waals surface area contributed by atoms with Crippen LogP contribution in [0.4, 0.5) is 0 Å². The average molecular weight is 450 g/mol. The average Bonchev–Trinajstić information content (AvgIpc) is 2.85. The SMILES string of the molecule is Cc1c(C(=O)N(C)Cc2ccc(Cl)cc2Cl)sc2nc3n(c(=O)c12)CCCCC3. The van der Waals surface area contributed by atoms with Crippen molar-refractivity contribution in [3.05, 3.63) is 60.4 Å². The topological polar surface area (TPSA) is 55.2 Å². The number of amides is 1. The quantitative estimate of drug-likeness (QED) is 0.560. The van der Waals surface area contributed by atoms with E-state index in [1.54, 1.807) is 28.6 Å². The minimum absolute atomic E-state index is 0.0249. The molecule has 0 N–H and O–H groups in total. The minimum Gasteiger partial charge on any atom is -0.337 e. The lowest BCUT2D eigenvalue weighted by Crippen LogP contribution is -2.26. The van der Waals surface area contributed by atoms with Gasteiger partial charge in [-0.05, 0) is 43.0 Å². The van der Waals surface area contributed by atoms with Crippen molar-refractivity contribution in [1.82, 2.24) is 14.5 Å². The van der Waals surface area contributed by atoms with E-state index in [4.69, 9.17) is 28.2 Å². The van der Waals surface area contributed by atoms with Crippen LogP contribution in [0.1, 0.15) is 45.9 Å². The summed E-state index contributed by atoms with van der Waals surface area (Å²) in [5.74, 6) is 0.692. The van der Waals surface area contributed by atoms with E-state index in [0.717, 1.165) is 37.1 Å². The van der Waals surface area contributed by atoms with Gasteiger partial charge >= 0.3 is 0 Å². The molecule has 0 unspecified atom stereocenters. The number of aromatic nitrogens is 2. The number of fused-ring (bicyclic) bond motifs is 2. The fourth-order valence-electron chi connectivity index (χ4n) is 3.76. The molecule has 1 aliphatic heterocycles. The first-order valence-corrected chi connectivity index (χ1v) is 11.2. The smallest absolute Gasteiger partial charge is 0.264 e. The molecule has 1 aliphatic rings. The van der Waals surface area contributed by atoms with Gasteiger partial charge in [-0.15, -0.1) is 11.3 Å². The number of carbonyl (C=O) groups excluding carboxylic acids is 1. The molecule has 4 rings (SSSR count). The first kappa shape index (κ1) is 20.4. The summed E-state index contributed by atoms with van der Waals surface area (Å²) in [5.41, 5.74) is 1.50. The van der Waals surface area contributed by atoms with Crippen LogP contribution >= 0.6 is 34.5 Å². The molecule has 0 fully saturated rings. The van der Waals surface area contributed by atoms with Crippen molar-refractivity contribution in [2.75, 3.05) is 7.05 Å². The molecule has 0 atom stereocenters. The summed E-state index contributed by atoms with van der Waals surface area (Å²) < 4.78 is 1.79. The highest BCUT2D eigenvalue weighted by molar-refractivity contribution is 7.20. The van der Waals surface area contributed by atoms with E-state index >= 15 is 0 Å². The van der Waals surface area contributed by atoms with Gasteiger partial charge in [-0.3, -0.25) is 14.2 Å². The van der Waals surface area contributed by atoms with Crippen molar-refractivity contribution >= 4 is 50.7 Å². The third-order valence-electron chi connectivity index (χ3n) is 5.38. The number of thiophene rings is 1. The Morgan fingerprint density at radius 3 is 2.83 bits per heavy atom. The lowest BCUT2D eigenvalue weighted by molar-refractivity contribution is 0.0789. The second kappa shape index (κ2) is 8.09. The monoisotopic (exact) mass is 449 g/mol. The van der Waals surface area contributed by atoms with Crippen LogP contribution in [-0.2, 0) is 19.5 Å². The van der Waals surface area contributed by atoms with Gasteiger partial charge in [-0.1, -0.05) is 35.7 Å². The molecular formula is C21H21Cl2N3O2S. The number of aryl methyl sites for hydroxylation is 2. The maximum absolute atomic E-state index is 13.1. The summed E-state index contributed by atoms with van der Waals surface area (Å²) in [6, 6.07) is 5.24. The minimum atomic E-state index is -0.142. The molecule has 3 heterocycles. The van der Waals surface area contributed by atoms with E-state index in [1.165, 1.54) is 11.3 Å². The van der Waals surface area contributed by atoms with E-state index in [0.29, 0.717) is 43.8 Å². The van der Waals surface area contributed by atoms with Crippen molar-refractivity contribution in [2.24, 2.45) is 0 Å². The lowest BCUT2D eigenvalue weighted by atomic mass is 10.1. The molecule has 0 saturated heterocycles. The van der Waals surface area contributed by atoms with Crippen molar-refractivity contribution in [2.45, 2.75) is 45.7 Å². The van der Waals surface area contributed by atoms with Gasteiger partial charge in [-0.2, -0.15) is 0 Å². The van der Waals surface area contributed by atoms with Crippen LogP contribution in [-0.4, -0.2) is 27.4 Å². The second-order valence-electron chi connectivity index (χ2n) is 7.43. The van der Waals surface area contributed by atoms with E-state index in [1.807, 2.05) is 13.0 Å². The van der Waals surface area contributed by atoms with Gasteiger partial charge in [0.05, 0.1) is 10.3 Å². The van der Waals surface area contributed by atoms with E-state index < -0.39 is 0 Å². The van der Waals surface area contributed by atoms with Gasteiger partial charge in [0.15, 0.2) is 0 Å². The van der Waals surface area contributed by atoms with Gasteiger partial charge in [0.25, 0.3) is 11.5 Å². The Kier molecular flexibility index (Phi) is 5.69. The largest absolute Gasteiger partial charge is 0.337 e. The van der Waals surface area contributed by atoms with E-state index in [2.05, 4.69) is 0 Å². The highest BCUT2D eigenvalue weighted by Gasteiger charge is 2.24. The van der Waals surface area contributed by atoms with Crippen molar-refractivity contribution < 1.29 is 4.79 Å². The maximum Gasteiger partial charge on any atom is 0.264 e. The fraction of sp³-hybridized carbons (Fsp3) is 0.381. The predicted octanol–water partition coefficient (Wildman–Crippen LogP) is 5.07. The van der Waals surface area contributed by atoms with Gasteiger partial charge < -0.3 is 4.90 Å². The summed E-state index contributed by atoms with van der Waals surface area (Å²) in [7, 11) is 1.73. The summed E-state index contributed by atoms with van der Waals surface area (Å²) >= 11 is 13.5. The highest BCUT2D eigenvalue weighted by atomic mass is 35.5. The standard InChI is InChI=1S/C21H21Cl2N3O2S/c1-12-17-19(24-16-6-4-3-5-9-26(16)20(17)27)29-18(12)21(28)25(2)11-13-7-8-14(22)10-15(13)23/h7-8,10H,3-6,9,11H2,1-2H3. The maximum atomic E-state index is 13.1. The molecule has 2 aromatic heterocycles. The number of benzene rings is 1. The van der Waals surface area contributed by atoms with Crippen LogP contribution in [0, 0.1) is 6.92 Å². The summed E-state index contributed by atoms with van der Waals surface area (Å²) in [4.78, 5) is 33.8. The Hall–Kier alpha value is -1.89. The first-order chi connectivity index (χ1) is 13.9. The molecule has 29 heavy (non-hydrogen) atoms.